The Morgan fingerprint density at radius 2 is 1.88 bits per heavy atom. The number of benzene rings is 1. The molecule has 88 valence electrons. The smallest absolute Gasteiger partial charge is 0.277 e. The monoisotopic (exact) mass is 244 g/mol. The molecule has 6 nitrogen and oxygen atoms in total. The number of nitrogens with zero attached hydrogens (tertiary/aromatic N) is 1. The maximum Gasteiger partial charge on any atom is 0.293 e. The lowest BCUT2D eigenvalue weighted by molar-refractivity contribution is -0.383. The van der Waals surface area contributed by atoms with Crippen LogP contribution >= 0.6 is 0 Å². The number of nitrogens with one attached hydrogen (secondary N) is 1. The number of hydrogen-bond donors (Lipinski definition) is 1. The lowest BCUT2D eigenvalue weighted by atomic mass is 10.3. The summed E-state index contributed by atoms with van der Waals surface area (Å²) in [4.78, 5) is 10.0. The number of rotatable bonds is 4. The summed E-state index contributed by atoms with van der Waals surface area (Å²) < 4.78 is 25.3. The summed E-state index contributed by atoms with van der Waals surface area (Å²) in [6.45, 7) is 2.99. The maximum absolute atomic E-state index is 11.5. The molecule has 0 spiro atoms. The number of nitro benzene ring substituents is 1. The van der Waals surface area contributed by atoms with Crippen LogP contribution in [0.1, 0.15) is 13.8 Å². The van der Waals surface area contributed by atoms with E-state index in [2.05, 4.69) is 4.72 Å². The van der Waals surface area contributed by atoms with E-state index in [1.54, 1.807) is 0 Å². The van der Waals surface area contributed by atoms with E-state index in [-0.39, 0.29) is 11.4 Å². The summed E-state index contributed by atoms with van der Waals surface area (Å²) in [5.41, 5.74) is -0.270. The molecule has 1 aromatic carbocycles. The second-order valence-electron chi connectivity index (χ2n) is 3.47. The second-order valence-corrected chi connectivity index (χ2v) is 5.71. The first-order valence-corrected chi connectivity index (χ1v) is 6.14. The molecule has 0 aliphatic heterocycles. The predicted molar refractivity (Wildman–Crippen MR) is 60.8 cm³/mol. The Kier molecular flexibility index (Phi) is 3.48. The molecule has 0 aromatic heterocycles. The SMILES string of the molecule is CC(C)S(=O)(=O)Nc1ccccc1[N+](=O)[O-]. The molecule has 0 aliphatic rings. The minimum atomic E-state index is -3.56. The van der Waals surface area contributed by atoms with Gasteiger partial charge in [-0.3, -0.25) is 14.8 Å². The molecule has 0 unspecified atom stereocenters. The Bertz CT molecular complexity index is 496. The molecule has 1 N–H and O–H groups in total. The summed E-state index contributed by atoms with van der Waals surface area (Å²) in [6.07, 6.45) is 0. The average molecular weight is 244 g/mol. The highest BCUT2D eigenvalue weighted by molar-refractivity contribution is 7.93. The van der Waals surface area contributed by atoms with Crippen molar-refractivity contribution in [3.8, 4) is 0 Å². The molecule has 0 atom stereocenters. The summed E-state index contributed by atoms with van der Waals surface area (Å²) in [5.74, 6) is 0. The molecule has 7 heteroatoms. The first-order chi connectivity index (χ1) is 7.34. The van der Waals surface area contributed by atoms with Crippen LogP contribution < -0.4 is 4.72 Å². The van der Waals surface area contributed by atoms with Gasteiger partial charge in [0.05, 0.1) is 10.2 Å². The fourth-order valence-electron chi connectivity index (χ4n) is 0.990. The summed E-state index contributed by atoms with van der Waals surface area (Å²) >= 11 is 0. The van der Waals surface area contributed by atoms with Crippen LogP contribution in [-0.4, -0.2) is 18.6 Å². The normalized spacial score (nSPS) is 11.4. The highest BCUT2D eigenvalue weighted by Gasteiger charge is 2.20. The zero-order valence-electron chi connectivity index (χ0n) is 8.88. The van der Waals surface area contributed by atoms with E-state index in [1.807, 2.05) is 0 Å². The quantitative estimate of drug-likeness (QED) is 0.645. The third-order valence-electron chi connectivity index (χ3n) is 1.97. The van der Waals surface area contributed by atoms with Crippen molar-refractivity contribution in [2.45, 2.75) is 19.1 Å². The zero-order valence-corrected chi connectivity index (χ0v) is 9.69. The number of hydrogen-bond acceptors (Lipinski definition) is 4. The van der Waals surface area contributed by atoms with Gasteiger partial charge in [-0.2, -0.15) is 0 Å². The summed E-state index contributed by atoms with van der Waals surface area (Å²) in [6, 6.07) is 5.62. The van der Waals surface area contributed by atoms with Crippen molar-refractivity contribution in [2.24, 2.45) is 0 Å². The Labute approximate surface area is 93.5 Å². The van der Waals surface area contributed by atoms with Crippen LogP contribution in [0.15, 0.2) is 24.3 Å². The minimum Gasteiger partial charge on any atom is -0.277 e. The third-order valence-corrected chi connectivity index (χ3v) is 3.72. The molecule has 1 rings (SSSR count). The van der Waals surface area contributed by atoms with E-state index in [9.17, 15) is 18.5 Å². The summed E-state index contributed by atoms with van der Waals surface area (Å²) in [5, 5.41) is 10.0. The molecule has 0 bridgehead atoms. The van der Waals surface area contributed by atoms with Crippen molar-refractivity contribution in [3.63, 3.8) is 0 Å². The van der Waals surface area contributed by atoms with E-state index < -0.39 is 20.2 Å². The van der Waals surface area contributed by atoms with E-state index in [0.717, 1.165) is 0 Å². The molecule has 0 saturated heterocycles. The minimum absolute atomic E-state index is 0.0128. The summed E-state index contributed by atoms with van der Waals surface area (Å²) in [7, 11) is -3.56. The van der Waals surface area contributed by atoms with Crippen molar-refractivity contribution in [3.05, 3.63) is 34.4 Å². The Morgan fingerprint density at radius 1 is 1.31 bits per heavy atom. The lowest BCUT2D eigenvalue weighted by Gasteiger charge is -2.10. The van der Waals surface area contributed by atoms with Gasteiger partial charge >= 0.3 is 0 Å². The van der Waals surface area contributed by atoms with Crippen molar-refractivity contribution in [1.82, 2.24) is 0 Å². The van der Waals surface area contributed by atoms with Gasteiger partial charge in [-0.25, -0.2) is 8.42 Å². The fraction of sp³-hybridized carbons (Fsp3) is 0.333. The van der Waals surface area contributed by atoms with Crippen LogP contribution in [0.4, 0.5) is 11.4 Å². The highest BCUT2D eigenvalue weighted by atomic mass is 32.2. The molecule has 0 fully saturated rings. The van der Waals surface area contributed by atoms with Gasteiger partial charge in [-0.1, -0.05) is 12.1 Å². The standard InChI is InChI=1S/C9H12N2O4S/c1-7(2)16(14,15)10-8-5-3-4-6-9(8)11(12)13/h3-7,10H,1-2H3. The largest absolute Gasteiger partial charge is 0.293 e. The molecule has 0 saturated carbocycles. The molecular weight excluding hydrogens is 232 g/mol. The molecule has 0 radical (unpaired) electrons. The van der Waals surface area contributed by atoms with Gasteiger partial charge in [0.1, 0.15) is 5.69 Å². The number of para-hydroxylation sites is 2. The van der Waals surface area contributed by atoms with E-state index in [4.69, 9.17) is 0 Å². The first kappa shape index (κ1) is 12.4. The van der Waals surface area contributed by atoms with Crippen LogP contribution in [0.2, 0.25) is 0 Å². The highest BCUT2D eigenvalue weighted by Crippen LogP contribution is 2.24. The van der Waals surface area contributed by atoms with Crippen molar-refractivity contribution >= 4 is 21.4 Å². The van der Waals surface area contributed by atoms with Gasteiger partial charge in [0.15, 0.2) is 0 Å². The Morgan fingerprint density at radius 3 is 2.38 bits per heavy atom. The second kappa shape index (κ2) is 4.48. The van der Waals surface area contributed by atoms with Gasteiger partial charge in [0, 0.05) is 6.07 Å². The molecule has 0 heterocycles. The predicted octanol–water partition coefficient (Wildman–Crippen LogP) is 1.74. The Hall–Kier alpha value is -1.63. The van der Waals surface area contributed by atoms with Crippen LogP contribution in [0.25, 0.3) is 0 Å². The van der Waals surface area contributed by atoms with E-state index >= 15 is 0 Å². The molecular formula is C9H12N2O4S. The Balaban J connectivity index is 3.12. The van der Waals surface area contributed by atoms with Gasteiger partial charge in [-0.05, 0) is 19.9 Å². The number of anilines is 1. The molecule has 16 heavy (non-hydrogen) atoms. The fourth-order valence-corrected chi connectivity index (χ4v) is 1.71. The van der Waals surface area contributed by atoms with Gasteiger partial charge in [0.25, 0.3) is 5.69 Å². The van der Waals surface area contributed by atoms with E-state index in [1.165, 1.54) is 38.1 Å². The maximum atomic E-state index is 11.5. The van der Waals surface area contributed by atoms with Crippen molar-refractivity contribution < 1.29 is 13.3 Å². The van der Waals surface area contributed by atoms with Crippen LogP contribution in [-0.2, 0) is 10.0 Å². The molecule has 1 aromatic rings. The zero-order chi connectivity index (χ0) is 12.3. The van der Waals surface area contributed by atoms with Gasteiger partial charge in [0.2, 0.25) is 10.0 Å². The number of nitro groups is 1. The molecule has 0 amide bonds. The van der Waals surface area contributed by atoms with Gasteiger partial charge < -0.3 is 0 Å². The van der Waals surface area contributed by atoms with Gasteiger partial charge in [-0.15, -0.1) is 0 Å². The van der Waals surface area contributed by atoms with Crippen LogP contribution in [0.5, 0.6) is 0 Å². The van der Waals surface area contributed by atoms with Crippen LogP contribution in [0.3, 0.4) is 0 Å². The van der Waals surface area contributed by atoms with Crippen molar-refractivity contribution in [1.29, 1.82) is 0 Å². The van der Waals surface area contributed by atoms with Crippen molar-refractivity contribution in [2.75, 3.05) is 4.72 Å². The first-order valence-electron chi connectivity index (χ1n) is 4.59. The molecule has 0 aliphatic carbocycles. The third kappa shape index (κ3) is 2.69. The van der Waals surface area contributed by atoms with E-state index in [0.29, 0.717) is 0 Å². The lowest BCUT2D eigenvalue weighted by Crippen LogP contribution is -2.22. The average Bonchev–Trinajstić information content (AvgIpc) is 2.17. The topological polar surface area (TPSA) is 89.3 Å². The number of sulfonamides is 1. The van der Waals surface area contributed by atoms with Crippen LogP contribution in [0, 0.1) is 10.1 Å².